The topological polar surface area (TPSA) is 57.1 Å². The van der Waals surface area contributed by atoms with Gasteiger partial charge in [-0.15, -0.1) is 4.98 Å². The molecule has 0 radical (unpaired) electrons. The number of alkyl halides is 3. The summed E-state index contributed by atoms with van der Waals surface area (Å²) >= 11 is 5.43. The monoisotopic (exact) mass is 257 g/mol. The highest BCUT2D eigenvalue weighted by molar-refractivity contribution is 6.28. The van der Waals surface area contributed by atoms with Gasteiger partial charge in [0.05, 0.1) is 6.61 Å². The molecule has 0 aromatic carbocycles. The van der Waals surface area contributed by atoms with Crippen molar-refractivity contribution in [1.29, 1.82) is 0 Å². The van der Waals surface area contributed by atoms with Crippen LogP contribution in [0.2, 0.25) is 5.28 Å². The zero-order valence-electron chi connectivity index (χ0n) is 8.08. The van der Waals surface area contributed by atoms with Crippen LogP contribution in [0.1, 0.15) is 6.92 Å². The quantitative estimate of drug-likeness (QED) is 0.824. The third-order valence-corrected chi connectivity index (χ3v) is 1.37. The molecule has 0 saturated carbocycles. The molecule has 0 fully saturated rings. The lowest BCUT2D eigenvalue weighted by Gasteiger charge is -2.08. The molecule has 5 nitrogen and oxygen atoms in total. The van der Waals surface area contributed by atoms with E-state index in [9.17, 15) is 13.2 Å². The number of halogens is 4. The first-order chi connectivity index (χ1) is 7.40. The van der Waals surface area contributed by atoms with Crippen LogP contribution in [0.15, 0.2) is 0 Å². The van der Waals surface area contributed by atoms with E-state index in [4.69, 9.17) is 16.3 Å². The molecule has 0 bridgehead atoms. The van der Waals surface area contributed by atoms with Crippen LogP contribution >= 0.6 is 11.6 Å². The first-order valence-electron chi connectivity index (χ1n) is 4.14. The second-order valence-electron chi connectivity index (χ2n) is 2.51. The van der Waals surface area contributed by atoms with Crippen LogP contribution in [0.5, 0.6) is 12.0 Å². The molecule has 0 saturated heterocycles. The Morgan fingerprint density at radius 3 is 2.19 bits per heavy atom. The van der Waals surface area contributed by atoms with Gasteiger partial charge in [0, 0.05) is 0 Å². The molecule has 0 amide bonds. The maximum Gasteiger partial charge on any atom is 0.422 e. The van der Waals surface area contributed by atoms with Crippen molar-refractivity contribution in [3.8, 4) is 12.0 Å². The minimum Gasteiger partial charge on any atom is -0.464 e. The smallest absolute Gasteiger partial charge is 0.422 e. The van der Waals surface area contributed by atoms with E-state index in [1.165, 1.54) is 0 Å². The van der Waals surface area contributed by atoms with Gasteiger partial charge in [0.15, 0.2) is 6.61 Å². The summed E-state index contributed by atoms with van der Waals surface area (Å²) in [4.78, 5) is 10.4. The summed E-state index contributed by atoms with van der Waals surface area (Å²) in [7, 11) is 0. The average molecular weight is 258 g/mol. The number of rotatable bonds is 4. The van der Waals surface area contributed by atoms with Crippen LogP contribution < -0.4 is 9.47 Å². The molecule has 0 spiro atoms. The summed E-state index contributed by atoms with van der Waals surface area (Å²) < 4.78 is 44.6. The Hall–Kier alpha value is -1.31. The lowest BCUT2D eigenvalue weighted by atomic mass is 10.7. The van der Waals surface area contributed by atoms with Crippen molar-refractivity contribution in [3.05, 3.63) is 5.28 Å². The number of hydrogen-bond acceptors (Lipinski definition) is 5. The summed E-state index contributed by atoms with van der Waals surface area (Å²) in [5, 5.41) is -0.296. The second kappa shape index (κ2) is 5.15. The largest absolute Gasteiger partial charge is 0.464 e. The van der Waals surface area contributed by atoms with E-state index < -0.39 is 18.8 Å². The lowest BCUT2D eigenvalue weighted by Crippen LogP contribution is -2.20. The second-order valence-corrected chi connectivity index (χ2v) is 2.84. The molecule has 0 aliphatic carbocycles. The molecule has 16 heavy (non-hydrogen) atoms. The molecule has 0 atom stereocenters. The van der Waals surface area contributed by atoms with Gasteiger partial charge in [0.2, 0.25) is 5.28 Å². The Morgan fingerprint density at radius 1 is 1.12 bits per heavy atom. The van der Waals surface area contributed by atoms with E-state index in [2.05, 4.69) is 19.7 Å². The van der Waals surface area contributed by atoms with Gasteiger partial charge >= 0.3 is 18.2 Å². The van der Waals surface area contributed by atoms with Gasteiger partial charge in [-0.3, -0.25) is 0 Å². The standard InChI is InChI=1S/C7H7ClF3N3O2/c1-2-15-5-12-4(8)13-6(14-5)16-3-7(9,10)11/h2-3H2,1H3. The van der Waals surface area contributed by atoms with Crippen LogP contribution in [0, 0.1) is 0 Å². The molecule has 9 heteroatoms. The molecule has 1 heterocycles. The molecule has 0 aliphatic rings. The van der Waals surface area contributed by atoms with Crippen molar-refractivity contribution in [1.82, 2.24) is 15.0 Å². The minimum atomic E-state index is -4.47. The van der Waals surface area contributed by atoms with Crippen molar-refractivity contribution < 1.29 is 22.6 Å². The highest BCUT2D eigenvalue weighted by atomic mass is 35.5. The number of aromatic nitrogens is 3. The van der Waals surface area contributed by atoms with Crippen molar-refractivity contribution in [2.75, 3.05) is 13.2 Å². The minimum absolute atomic E-state index is 0.181. The number of ether oxygens (including phenoxy) is 2. The average Bonchev–Trinajstić information content (AvgIpc) is 2.13. The fourth-order valence-corrected chi connectivity index (χ4v) is 0.864. The first kappa shape index (κ1) is 12.8. The van der Waals surface area contributed by atoms with Gasteiger partial charge in [0.1, 0.15) is 0 Å². The van der Waals surface area contributed by atoms with Gasteiger partial charge in [-0.1, -0.05) is 0 Å². The zero-order valence-corrected chi connectivity index (χ0v) is 8.84. The van der Waals surface area contributed by atoms with E-state index in [0.29, 0.717) is 0 Å². The van der Waals surface area contributed by atoms with Crippen molar-refractivity contribution in [2.24, 2.45) is 0 Å². The van der Waals surface area contributed by atoms with E-state index in [1.54, 1.807) is 6.92 Å². The van der Waals surface area contributed by atoms with Gasteiger partial charge in [-0.2, -0.15) is 23.1 Å². The zero-order chi connectivity index (χ0) is 12.2. The predicted molar refractivity (Wildman–Crippen MR) is 47.6 cm³/mol. The van der Waals surface area contributed by atoms with E-state index in [0.717, 1.165) is 0 Å². The Kier molecular flexibility index (Phi) is 4.11. The maximum absolute atomic E-state index is 11.8. The Labute approximate surface area is 93.6 Å². The molecular weight excluding hydrogens is 251 g/mol. The predicted octanol–water partition coefficient (Wildman–Crippen LogP) is 1.86. The highest BCUT2D eigenvalue weighted by Gasteiger charge is 2.29. The van der Waals surface area contributed by atoms with Crippen LogP contribution in [0.4, 0.5) is 13.2 Å². The normalized spacial score (nSPS) is 11.3. The molecule has 0 unspecified atom stereocenters. The van der Waals surface area contributed by atoms with Gasteiger partial charge in [-0.05, 0) is 18.5 Å². The van der Waals surface area contributed by atoms with E-state index in [-0.39, 0.29) is 17.9 Å². The fourth-order valence-electron chi connectivity index (χ4n) is 0.719. The Balaban J connectivity index is 2.72. The summed E-state index contributed by atoms with van der Waals surface area (Å²) in [6.07, 6.45) is -4.47. The van der Waals surface area contributed by atoms with Crippen LogP contribution in [-0.4, -0.2) is 34.3 Å². The molecule has 1 aromatic rings. The number of hydrogen-bond donors (Lipinski definition) is 0. The molecule has 0 aliphatic heterocycles. The molecule has 0 N–H and O–H groups in total. The van der Waals surface area contributed by atoms with Crippen LogP contribution in [-0.2, 0) is 0 Å². The third-order valence-electron chi connectivity index (χ3n) is 1.21. The lowest BCUT2D eigenvalue weighted by molar-refractivity contribution is -0.154. The van der Waals surface area contributed by atoms with E-state index >= 15 is 0 Å². The van der Waals surface area contributed by atoms with Gasteiger partial charge in [-0.25, -0.2) is 0 Å². The first-order valence-corrected chi connectivity index (χ1v) is 4.52. The summed E-state index contributed by atoms with van der Waals surface area (Å²) in [5.74, 6) is 0. The van der Waals surface area contributed by atoms with E-state index in [1.807, 2.05) is 0 Å². The van der Waals surface area contributed by atoms with Gasteiger partial charge in [0.25, 0.3) is 0 Å². The van der Waals surface area contributed by atoms with Crippen molar-refractivity contribution in [3.63, 3.8) is 0 Å². The fraction of sp³-hybridized carbons (Fsp3) is 0.571. The molecule has 1 aromatic heterocycles. The maximum atomic E-state index is 11.8. The van der Waals surface area contributed by atoms with Crippen molar-refractivity contribution >= 4 is 11.6 Å². The molecule has 1 rings (SSSR count). The van der Waals surface area contributed by atoms with Crippen LogP contribution in [0.25, 0.3) is 0 Å². The Morgan fingerprint density at radius 2 is 1.69 bits per heavy atom. The third kappa shape index (κ3) is 4.47. The van der Waals surface area contributed by atoms with Crippen LogP contribution in [0.3, 0.4) is 0 Å². The number of nitrogens with zero attached hydrogens (tertiary/aromatic N) is 3. The molecule has 90 valence electrons. The van der Waals surface area contributed by atoms with Crippen molar-refractivity contribution in [2.45, 2.75) is 13.1 Å². The summed E-state index contributed by atoms with van der Waals surface area (Å²) in [6, 6.07) is -0.708. The SMILES string of the molecule is CCOc1nc(Cl)nc(OCC(F)(F)F)n1. The Bertz CT molecular complexity index is 361. The molecular formula is C7H7ClF3N3O2. The summed E-state index contributed by atoms with van der Waals surface area (Å²) in [6.45, 7) is 0.409. The highest BCUT2D eigenvalue weighted by Crippen LogP contribution is 2.18. The summed E-state index contributed by atoms with van der Waals surface area (Å²) in [5.41, 5.74) is 0. The van der Waals surface area contributed by atoms with Gasteiger partial charge < -0.3 is 9.47 Å².